The van der Waals surface area contributed by atoms with Gasteiger partial charge in [-0.3, -0.25) is 0 Å². The maximum absolute atomic E-state index is 6.26. The first kappa shape index (κ1) is 23.1. The van der Waals surface area contributed by atoms with Gasteiger partial charge in [0.1, 0.15) is 16.7 Å². The van der Waals surface area contributed by atoms with Crippen molar-refractivity contribution in [2.75, 3.05) is 0 Å². The van der Waals surface area contributed by atoms with E-state index < -0.39 is 0 Å². The lowest BCUT2D eigenvalue weighted by Gasteiger charge is -2.18. The van der Waals surface area contributed by atoms with Gasteiger partial charge in [0, 0.05) is 10.8 Å². The van der Waals surface area contributed by atoms with Gasteiger partial charge in [0.2, 0.25) is 0 Å². The summed E-state index contributed by atoms with van der Waals surface area (Å²) in [5, 5.41) is 8.10. The Hall–Kier alpha value is -5.60. The van der Waals surface area contributed by atoms with Crippen LogP contribution in [0.3, 0.4) is 0 Å². The van der Waals surface area contributed by atoms with Crippen LogP contribution >= 0.6 is 0 Å². The van der Waals surface area contributed by atoms with Gasteiger partial charge in [0.25, 0.3) is 0 Å². The third kappa shape index (κ3) is 3.39. The molecule has 2 nitrogen and oxygen atoms in total. The second kappa shape index (κ2) is 8.95. The van der Waals surface area contributed by atoms with Gasteiger partial charge in [-0.05, 0) is 91.3 Å². The number of benzene rings is 7. The van der Waals surface area contributed by atoms with Crippen LogP contribution in [0.15, 0.2) is 155 Å². The van der Waals surface area contributed by atoms with Crippen LogP contribution in [0.2, 0.25) is 0 Å². The predicted molar refractivity (Wildman–Crippen MR) is 175 cm³/mol. The highest BCUT2D eigenvalue weighted by Crippen LogP contribution is 2.45. The minimum atomic E-state index is 0.841. The summed E-state index contributed by atoms with van der Waals surface area (Å²) in [5.41, 5.74) is 9.86. The third-order valence-electron chi connectivity index (χ3n) is 8.53. The van der Waals surface area contributed by atoms with Gasteiger partial charge in [0.05, 0.1) is 11.6 Å². The van der Waals surface area contributed by atoms with Crippen molar-refractivity contribution < 1.29 is 8.83 Å². The molecule has 0 fully saturated rings. The van der Waals surface area contributed by atoms with Crippen molar-refractivity contribution in [3.8, 4) is 33.4 Å². The largest absolute Gasteiger partial charge is 0.464 e. The van der Waals surface area contributed by atoms with E-state index in [4.69, 9.17) is 8.83 Å². The van der Waals surface area contributed by atoms with E-state index in [0.717, 1.165) is 38.5 Å². The topological polar surface area (TPSA) is 26.3 Å². The smallest absolute Gasteiger partial charge is 0.145 e. The molecule has 0 aliphatic carbocycles. The molecule has 2 heteroatoms. The van der Waals surface area contributed by atoms with Gasteiger partial charge in [-0.2, -0.15) is 0 Å². The summed E-state index contributed by atoms with van der Waals surface area (Å²) < 4.78 is 12.2. The molecule has 196 valence electrons. The second-order valence-corrected chi connectivity index (χ2v) is 10.9. The second-order valence-electron chi connectivity index (χ2n) is 10.9. The Morgan fingerprint density at radius 2 is 0.976 bits per heavy atom. The van der Waals surface area contributed by atoms with Gasteiger partial charge >= 0.3 is 0 Å². The lowest BCUT2D eigenvalue weighted by Crippen LogP contribution is -1.91. The van der Waals surface area contributed by atoms with E-state index in [-0.39, 0.29) is 0 Å². The molecule has 0 radical (unpaired) electrons. The van der Waals surface area contributed by atoms with E-state index in [2.05, 4.69) is 127 Å². The quantitative estimate of drug-likeness (QED) is 0.210. The van der Waals surface area contributed by atoms with E-state index in [1.54, 1.807) is 6.26 Å². The lowest BCUT2D eigenvalue weighted by atomic mass is 9.85. The SMILES string of the molecule is c1ccc(-c2cccc(-c3c4ccccc4c(-c4ccc5oc6ccc7ccoc7c6c5c4)c4ccccc34)c2)cc1. The molecule has 0 saturated heterocycles. The molecule has 0 atom stereocenters. The van der Waals surface area contributed by atoms with Crippen molar-refractivity contribution in [2.24, 2.45) is 0 Å². The van der Waals surface area contributed by atoms with Crippen molar-refractivity contribution in [3.63, 3.8) is 0 Å². The molecule has 0 aliphatic heterocycles. The summed E-state index contributed by atoms with van der Waals surface area (Å²) in [6.45, 7) is 0. The van der Waals surface area contributed by atoms with E-state index in [1.165, 1.54) is 49.4 Å². The molecule has 9 aromatic rings. The van der Waals surface area contributed by atoms with E-state index in [0.29, 0.717) is 0 Å². The predicted octanol–water partition coefficient (Wildman–Crippen LogP) is 11.6. The first-order valence-electron chi connectivity index (χ1n) is 14.3. The van der Waals surface area contributed by atoms with E-state index in [9.17, 15) is 0 Å². The normalized spacial score (nSPS) is 11.8. The Morgan fingerprint density at radius 3 is 1.69 bits per heavy atom. The molecule has 0 saturated carbocycles. The van der Waals surface area contributed by atoms with Crippen LogP contribution in [0.1, 0.15) is 0 Å². The molecule has 0 aliphatic rings. The zero-order valence-corrected chi connectivity index (χ0v) is 22.7. The molecule has 2 heterocycles. The van der Waals surface area contributed by atoms with E-state index >= 15 is 0 Å². The van der Waals surface area contributed by atoms with Crippen LogP contribution in [0, 0.1) is 0 Å². The fraction of sp³-hybridized carbons (Fsp3) is 0. The van der Waals surface area contributed by atoms with Gasteiger partial charge in [-0.15, -0.1) is 0 Å². The van der Waals surface area contributed by atoms with Crippen LogP contribution < -0.4 is 0 Å². The van der Waals surface area contributed by atoms with Gasteiger partial charge in [0.15, 0.2) is 0 Å². The molecular weight excluding hydrogens is 512 g/mol. The fourth-order valence-electron chi connectivity index (χ4n) is 6.68. The van der Waals surface area contributed by atoms with Crippen molar-refractivity contribution >= 4 is 54.5 Å². The number of rotatable bonds is 3. The van der Waals surface area contributed by atoms with Crippen molar-refractivity contribution in [1.82, 2.24) is 0 Å². The Bertz CT molecular complexity index is 2400. The molecular formula is C40H24O2. The maximum atomic E-state index is 6.26. The average Bonchev–Trinajstić information content (AvgIpc) is 3.68. The van der Waals surface area contributed by atoms with Crippen molar-refractivity contribution in [3.05, 3.63) is 146 Å². The summed E-state index contributed by atoms with van der Waals surface area (Å²) in [5.74, 6) is 0. The molecule has 0 amide bonds. The Balaban J connectivity index is 1.35. The molecule has 0 bridgehead atoms. The highest BCUT2D eigenvalue weighted by atomic mass is 16.3. The zero-order valence-electron chi connectivity index (χ0n) is 22.7. The third-order valence-corrected chi connectivity index (χ3v) is 8.53. The van der Waals surface area contributed by atoms with Crippen molar-refractivity contribution in [2.45, 2.75) is 0 Å². The zero-order chi connectivity index (χ0) is 27.6. The standard InChI is InChI=1S/C40H24O2/c1-2-9-25(10-3-1)27-11-8-12-28(23-27)37-30-13-4-6-15-32(30)38(33-16-7-5-14-31(33)37)29-18-19-35-34(24-29)39-36(42-35)20-17-26-21-22-41-40(26)39/h1-24H. The monoisotopic (exact) mass is 536 g/mol. The van der Waals surface area contributed by atoms with Gasteiger partial charge < -0.3 is 8.83 Å². The van der Waals surface area contributed by atoms with E-state index in [1.807, 2.05) is 12.1 Å². The molecule has 0 N–H and O–H groups in total. The van der Waals surface area contributed by atoms with Crippen LogP contribution in [0.4, 0.5) is 0 Å². The Kier molecular flexibility index (Phi) is 4.93. The van der Waals surface area contributed by atoms with Crippen LogP contribution in [-0.2, 0) is 0 Å². The number of fused-ring (bicyclic) bond motifs is 7. The number of hydrogen-bond acceptors (Lipinski definition) is 2. The Morgan fingerprint density at radius 1 is 0.381 bits per heavy atom. The first-order chi connectivity index (χ1) is 20.8. The summed E-state index contributed by atoms with van der Waals surface area (Å²) in [6.07, 6.45) is 1.75. The number of furan rings is 2. The summed E-state index contributed by atoms with van der Waals surface area (Å²) in [7, 11) is 0. The lowest BCUT2D eigenvalue weighted by molar-refractivity contribution is 0.618. The average molecular weight is 537 g/mol. The van der Waals surface area contributed by atoms with Crippen LogP contribution in [0.5, 0.6) is 0 Å². The highest BCUT2D eigenvalue weighted by Gasteiger charge is 2.19. The van der Waals surface area contributed by atoms with Gasteiger partial charge in [-0.25, -0.2) is 0 Å². The fourth-order valence-corrected chi connectivity index (χ4v) is 6.68. The summed E-state index contributed by atoms with van der Waals surface area (Å²) >= 11 is 0. The molecule has 0 spiro atoms. The van der Waals surface area contributed by atoms with Crippen LogP contribution in [-0.4, -0.2) is 0 Å². The molecule has 9 rings (SSSR count). The number of hydrogen-bond donors (Lipinski definition) is 0. The minimum absolute atomic E-state index is 0.841. The maximum Gasteiger partial charge on any atom is 0.145 e. The molecule has 42 heavy (non-hydrogen) atoms. The Labute approximate surface area is 242 Å². The van der Waals surface area contributed by atoms with Gasteiger partial charge in [-0.1, -0.05) is 103 Å². The van der Waals surface area contributed by atoms with Crippen molar-refractivity contribution in [1.29, 1.82) is 0 Å². The highest BCUT2D eigenvalue weighted by molar-refractivity contribution is 6.23. The first-order valence-corrected chi connectivity index (χ1v) is 14.3. The van der Waals surface area contributed by atoms with Crippen LogP contribution in [0.25, 0.3) is 87.8 Å². The molecule has 7 aromatic carbocycles. The summed E-state index contributed by atoms with van der Waals surface area (Å²) in [6, 6.07) is 49.8. The summed E-state index contributed by atoms with van der Waals surface area (Å²) in [4.78, 5) is 0. The minimum Gasteiger partial charge on any atom is -0.464 e. The molecule has 0 unspecified atom stereocenters. The molecule has 2 aromatic heterocycles.